The van der Waals surface area contributed by atoms with Gasteiger partial charge >= 0.3 is 0 Å². The zero-order valence-electron chi connectivity index (χ0n) is 12.1. The molecule has 5 heteroatoms. The monoisotopic (exact) mass is 255 g/mol. The molecule has 1 fully saturated rings. The van der Waals surface area contributed by atoms with Crippen molar-refractivity contribution in [1.82, 2.24) is 15.6 Å². The molecule has 0 aromatic rings. The Morgan fingerprint density at radius 1 is 1.28 bits per heavy atom. The summed E-state index contributed by atoms with van der Waals surface area (Å²) in [5.41, 5.74) is 2.63. The van der Waals surface area contributed by atoms with Crippen LogP contribution in [0.25, 0.3) is 0 Å². The zero-order valence-corrected chi connectivity index (χ0v) is 12.1. The lowest BCUT2D eigenvalue weighted by Crippen LogP contribution is -2.44. The van der Waals surface area contributed by atoms with Crippen molar-refractivity contribution in [2.24, 2.45) is 22.7 Å². The third kappa shape index (κ3) is 6.21. The van der Waals surface area contributed by atoms with Crippen LogP contribution in [-0.4, -0.2) is 43.6 Å². The first kappa shape index (κ1) is 15.2. The van der Waals surface area contributed by atoms with Gasteiger partial charge in [0.2, 0.25) is 5.96 Å². The number of hydrogen-bond donors (Lipinski definition) is 3. The highest BCUT2D eigenvalue weighted by Crippen LogP contribution is 2.09. The predicted octanol–water partition coefficient (Wildman–Crippen LogP) is 0.783. The van der Waals surface area contributed by atoms with Crippen LogP contribution in [-0.2, 0) is 0 Å². The van der Waals surface area contributed by atoms with E-state index in [4.69, 9.17) is 5.84 Å². The van der Waals surface area contributed by atoms with Crippen molar-refractivity contribution in [2.45, 2.75) is 33.6 Å². The minimum atomic E-state index is 0.553. The molecule has 0 amide bonds. The summed E-state index contributed by atoms with van der Waals surface area (Å²) in [6, 6.07) is 0. The summed E-state index contributed by atoms with van der Waals surface area (Å²) in [5.74, 6) is 7.33. The van der Waals surface area contributed by atoms with Crippen LogP contribution in [0.3, 0.4) is 0 Å². The van der Waals surface area contributed by atoms with Gasteiger partial charge in [-0.1, -0.05) is 20.8 Å². The lowest BCUT2D eigenvalue weighted by molar-refractivity contribution is 0.287. The Labute approximate surface area is 111 Å². The molecule has 1 unspecified atom stereocenters. The van der Waals surface area contributed by atoms with Gasteiger partial charge in [-0.15, -0.1) is 0 Å². The Bertz CT molecular complexity index is 246. The van der Waals surface area contributed by atoms with Crippen molar-refractivity contribution < 1.29 is 0 Å². The Hall–Kier alpha value is -0.810. The Kier molecular flexibility index (Phi) is 7.05. The molecule has 4 N–H and O–H groups in total. The summed E-state index contributed by atoms with van der Waals surface area (Å²) in [6.07, 6.45) is 2.71. The molecule has 1 saturated heterocycles. The minimum absolute atomic E-state index is 0.553. The number of aliphatic imine (C=N–C) groups is 1. The van der Waals surface area contributed by atoms with Crippen molar-refractivity contribution in [2.75, 3.05) is 32.7 Å². The second-order valence-corrected chi connectivity index (χ2v) is 5.72. The highest BCUT2D eigenvalue weighted by Gasteiger charge is 2.14. The number of nitrogens with zero attached hydrogens (tertiary/aromatic N) is 2. The van der Waals surface area contributed by atoms with Crippen molar-refractivity contribution in [3.8, 4) is 0 Å². The third-order valence-electron chi connectivity index (χ3n) is 3.14. The second-order valence-electron chi connectivity index (χ2n) is 5.72. The Morgan fingerprint density at radius 2 is 1.94 bits per heavy atom. The van der Waals surface area contributed by atoms with E-state index >= 15 is 0 Å². The summed E-state index contributed by atoms with van der Waals surface area (Å²) in [7, 11) is 0. The number of nitrogens with two attached hydrogens (primary N) is 1. The normalized spacial score (nSPS) is 19.3. The number of hydrogen-bond acceptors (Lipinski definition) is 3. The molecule has 0 saturated carbocycles. The molecule has 1 rings (SSSR count). The highest BCUT2D eigenvalue weighted by molar-refractivity contribution is 5.79. The molecule has 1 aliphatic heterocycles. The van der Waals surface area contributed by atoms with Gasteiger partial charge in [0.25, 0.3) is 0 Å². The third-order valence-corrected chi connectivity index (χ3v) is 3.14. The van der Waals surface area contributed by atoms with Crippen molar-refractivity contribution in [3.63, 3.8) is 0 Å². The number of guanidine groups is 1. The lowest BCUT2D eigenvalue weighted by Gasteiger charge is -2.21. The lowest BCUT2D eigenvalue weighted by atomic mass is 10.1. The zero-order chi connectivity index (χ0) is 13.4. The quantitative estimate of drug-likeness (QED) is 0.284. The van der Waals surface area contributed by atoms with Gasteiger partial charge in [0.05, 0.1) is 0 Å². The first-order valence-electron chi connectivity index (χ1n) is 7.09. The van der Waals surface area contributed by atoms with Gasteiger partial charge in [-0.25, -0.2) is 5.84 Å². The average molecular weight is 255 g/mol. The van der Waals surface area contributed by atoms with Crippen molar-refractivity contribution in [3.05, 3.63) is 0 Å². The molecule has 0 radical (unpaired) electrons. The summed E-state index contributed by atoms with van der Waals surface area (Å²) in [6.45, 7) is 11.9. The van der Waals surface area contributed by atoms with E-state index in [9.17, 15) is 0 Å². The van der Waals surface area contributed by atoms with E-state index < -0.39 is 0 Å². The SMILES string of the molecule is CC(C)CN=C(NN)NCC(C)CN1CCCC1. The molecule has 5 nitrogen and oxygen atoms in total. The molecule has 0 aromatic heterocycles. The predicted molar refractivity (Wildman–Crippen MR) is 77.3 cm³/mol. The molecule has 0 bridgehead atoms. The summed E-state index contributed by atoms with van der Waals surface area (Å²) in [4.78, 5) is 6.94. The number of hydrazine groups is 1. The molecule has 1 aliphatic rings. The maximum absolute atomic E-state index is 5.46. The number of likely N-dealkylation sites (tertiary alicyclic amines) is 1. The standard InChI is InChI=1S/C13H29N5/c1-11(2)8-15-13(17-14)16-9-12(3)10-18-6-4-5-7-18/h11-12H,4-10,14H2,1-3H3,(H2,15,16,17). The number of nitrogens with one attached hydrogen (secondary N) is 2. The van der Waals surface area contributed by atoms with Gasteiger partial charge in [0.1, 0.15) is 0 Å². The molecule has 106 valence electrons. The summed E-state index contributed by atoms with van der Waals surface area (Å²) in [5, 5.41) is 3.29. The second kappa shape index (κ2) is 8.32. The smallest absolute Gasteiger partial charge is 0.205 e. The average Bonchev–Trinajstić information content (AvgIpc) is 2.81. The van der Waals surface area contributed by atoms with Crippen LogP contribution in [0.15, 0.2) is 4.99 Å². The molecule has 0 aliphatic carbocycles. The maximum Gasteiger partial charge on any atom is 0.205 e. The molecule has 0 aromatic carbocycles. The topological polar surface area (TPSA) is 65.7 Å². The number of rotatable bonds is 6. The molecular formula is C13H29N5. The Balaban J connectivity index is 2.21. The van der Waals surface area contributed by atoms with Crippen LogP contribution in [0.2, 0.25) is 0 Å². The molecule has 0 spiro atoms. The van der Waals surface area contributed by atoms with E-state index in [0.29, 0.717) is 17.8 Å². The van der Waals surface area contributed by atoms with Crippen LogP contribution in [0.5, 0.6) is 0 Å². The van der Waals surface area contributed by atoms with E-state index in [2.05, 4.69) is 41.4 Å². The first-order chi connectivity index (χ1) is 8.61. The first-order valence-corrected chi connectivity index (χ1v) is 7.09. The van der Waals surface area contributed by atoms with Crippen molar-refractivity contribution >= 4 is 5.96 Å². The van der Waals surface area contributed by atoms with Gasteiger partial charge < -0.3 is 10.2 Å². The largest absolute Gasteiger partial charge is 0.355 e. The van der Waals surface area contributed by atoms with Crippen LogP contribution < -0.4 is 16.6 Å². The fourth-order valence-corrected chi connectivity index (χ4v) is 2.17. The summed E-state index contributed by atoms with van der Waals surface area (Å²) >= 11 is 0. The maximum atomic E-state index is 5.46. The van der Waals surface area contributed by atoms with Crippen LogP contribution >= 0.6 is 0 Å². The summed E-state index contributed by atoms with van der Waals surface area (Å²) < 4.78 is 0. The minimum Gasteiger partial charge on any atom is -0.355 e. The van der Waals surface area contributed by atoms with Crippen LogP contribution in [0, 0.1) is 11.8 Å². The van der Waals surface area contributed by atoms with Crippen LogP contribution in [0.4, 0.5) is 0 Å². The molecule has 1 atom stereocenters. The molecular weight excluding hydrogens is 226 g/mol. The highest BCUT2D eigenvalue weighted by atomic mass is 15.3. The van der Waals surface area contributed by atoms with Gasteiger partial charge in [-0.2, -0.15) is 0 Å². The van der Waals surface area contributed by atoms with Gasteiger partial charge in [-0.3, -0.25) is 10.4 Å². The van der Waals surface area contributed by atoms with Gasteiger partial charge in [0.15, 0.2) is 0 Å². The van der Waals surface area contributed by atoms with E-state index in [0.717, 1.165) is 19.6 Å². The van der Waals surface area contributed by atoms with Crippen molar-refractivity contribution in [1.29, 1.82) is 0 Å². The molecule has 1 heterocycles. The fraction of sp³-hybridized carbons (Fsp3) is 0.923. The van der Waals surface area contributed by atoms with E-state index in [1.807, 2.05) is 0 Å². The van der Waals surface area contributed by atoms with Gasteiger partial charge in [0, 0.05) is 19.6 Å². The Morgan fingerprint density at radius 3 is 2.50 bits per heavy atom. The van der Waals surface area contributed by atoms with E-state index in [1.54, 1.807) is 0 Å². The van der Waals surface area contributed by atoms with Gasteiger partial charge in [-0.05, 0) is 37.8 Å². The van der Waals surface area contributed by atoms with E-state index in [1.165, 1.54) is 25.9 Å². The van der Waals surface area contributed by atoms with Crippen LogP contribution in [0.1, 0.15) is 33.6 Å². The van der Waals surface area contributed by atoms with E-state index in [-0.39, 0.29) is 0 Å². The fourth-order valence-electron chi connectivity index (χ4n) is 2.17. The molecule has 18 heavy (non-hydrogen) atoms.